The Morgan fingerprint density at radius 3 is 2.46 bits per heavy atom. The Morgan fingerprint density at radius 1 is 1.10 bits per heavy atom. The molecule has 2 N–H and O–H groups in total. The van der Waals surface area contributed by atoms with Crippen molar-refractivity contribution in [2.75, 3.05) is 11.3 Å². The van der Waals surface area contributed by atoms with E-state index in [1.54, 1.807) is 13.8 Å². The number of nitrogens with zero attached hydrogens (tertiary/aromatic N) is 1. The minimum absolute atomic E-state index is 0.0150. The van der Waals surface area contributed by atoms with Gasteiger partial charge in [-0.25, -0.2) is 27.4 Å². The van der Waals surface area contributed by atoms with Crippen LogP contribution in [0.2, 0.25) is 0 Å². The number of hydrogen-bond acceptors (Lipinski definition) is 9. The fourth-order valence-corrected chi connectivity index (χ4v) is 6.19. The lowest BCUT2D eigenvalue weighted by Crippen LogP contribution is -2.17. The Morgan fingerprint density at radius 2 is 1.79 bits per heavy atom. The molecule has 39 heavy (non-hydrogen) atoms. The first kappa shape index (κ1) is 27.9. The molecule has 0 aliphatic heterocycles. The molecule has 13 heteroatoms. The molecule has 0 radical (unpaired) electrons. The number of ether oxygens (including phenoxy) is 2. The highest BCUT2D eigenvalue weighted by molar-refractivity contribution is 7.92. The molecule has 0 amide bonds. The number of aryl methyl sites for hydroxylation is 1. The third-order valence-corrected chi connectivity index (χ3v) is 8.52. The zero-order valence-corrected chi connectivity index (χ0v) is 23.0. The number of H-pyrrole nitrogens is 1. The second-order valence-corrected chi connectivity index (χ2v) is 11.2. The van der Waals surface area contributed by atoms with E-state index >= 15 is 0 Å². The number of fused-ring (bicyclic) bond motifs is 1. The molecule has 0 unspecified atom stereocenters. The van der Waals surface area contributed by atoms with Crippen LogP contribution in [0.15, 0.2) is 52.2 Å². The Bertz CT molecular complexity index is 1750. The molecule has 0 spiro atoms. The SMILES string of the molecule is CCOC(=O)c1sc2nc([C@H](C)OC(=O)c3ccc(NS(=O)(=O)c4cccc(F)c4C)cc3)[nH]c(=O)c2c1C. The molecule has 0 aliphatic rings. The Labute approximate surface area is 226 Å². The summed E-state index contributed by atoms with van der Waals surface area (Å²) < 4.78 is 52.0. The molecule has 10 nitrogen and oxygen atoms in total. The second-order valence-electron chi connectivity index (χ2n) is 8.50. The quantitative estimate of drug-likeness (QED) is 0.290. The fraction of sp³-hybridized carbons (Fsp3) is 0.231. The molecule has 2 aromatic carbocycles. The van der Waals surface area contributed by atoms with E-state index in [2.05, 4.69) is 14.7 Å². The van der Waals surface area contributed by atoms with Crippen molar-refractivity contribution in [1.29, 1.82) is 0 Å². The molecular formula is C26H24FN3O7S2. The van der Waals surface area contributed by atoms with Crippen LogP contribution in [0.1, 0.15) is 56.9 Å². The molecule has 0 bridgehead atoms. The van der Waals surface area contributed by atoms with Crippen LogP contribution >= 0.6 is 11.3 Å². The molecule has 204 valence electrons. The molecule has 2 heterocycles. The number of hydrogen-bond donors (Lipinski definition) is 2. The van der Waals surface area contributed by atoms with Gasteiger partial charge in [-0.3, -0.25) is 9.52 Å². The molecule has 0 fully saturated rings. The number of halogens is 1. The third kappa shape index (κ3) is 5.68. The molecule has 2 aromatic heterocycles. The number of carbonyl (C=O) groups excluding carboxylic acids is 2. The first-order valence-electron chi connectivity index (χ1n) is 11.7. The average molecular weight is 574 g/mol. The summed E-state index contributed by atoms with van der Waals surface area (Å²) in [6.45, 7) is 6.39. The Hall–Kier alpha value is -4.10. The molecule has 1 atom stereocenters. The minimum atomic E-state index is -4.06. The fourth-order valence-electron chi connectivity index (χ4n) is 3.79. The zero-order valence-electron chi connectivity index (χ0n) is 21.3. The highest BCUT2D eigenvalue weighted by atomic mass is 32.2. The van der Waals surface area contributed by atoms with E-state index in [1.807, 2.05) is 0 Å². The normalized spacial score (nSPS) is 12.2. The Balaban J connectivity index is 1.50. The van der Waals surface area contributed by atoms with E-state index in [9.17, 15) is 27.2 Å². The Kier molecular flexibility index (Phi) is 7.84. The van der Waals surface area contributed by atoms with Gasteiger partial charge in [-0.15, -0.1) is 11.3 Å². The standard InChI is InChI=1S/C26H24FN3O7S2/c1-5-36-26(33)21-14(3)20-23(31)28-22(29-24(20)38-21)15(4)37-25(32)16-9-11-17(12-10-16)30-39(34,35)19-8-6-7-18(27)13(19)2/h6-12,15,30H,5H2,1-4H3,(H,28,29,31)/t15-/m0/s1. The van der Waals surface area contributed by atoms with Gasteiger partial charge in [-0.2, -0.15) is 0 Å². The first-order chi connectivity index (χ1) is 18.4. The van der Waals surface area contributed by atoms with Crippen molar-refractivity contribution in [1.82, 2.24) is 9.97 Å². The first-order valence-corrected chi connectivity index (χ1v) is 14.0. The number of aromatic nitrogens is 2. The predicted octanol–water partition coefficient (Wildman–Crippen LogP) is 4.64. The molecule has 4 aromatic rings. The maximum atomic E-state index is 13.8. The number of carbonyl (C=O) groups is 2. The number of benzene rings is 2. The molecule has 0 aliphatic carbocycles. The van der Waals surface area contributed by atoms with Gasteiger partial charge in [0.05, 0.1) is 22.5 Å². The monoisotopic (exact) mass is 573 g/mol. The van der Waals surface area contributed by atoms with Crippen molar-refractivity contribution >= 4 is 49.2 Å². The van der Waals surface area contributed by atoms with Gasteiger partial charge in [0.1, 0.15) is 15.5 Å². The van der Waals surface area contributed by atoms with Gasteiger partial charge in [-0.1, -0.05) is 6.07 Å². The van der Waals surface area contributed by atoms with Gasteiger partial charge >= 0.3 is 11.9 Å². The average Bonchev–Trinajstić information content (AvgIpc) is 3.22. The molecule has 4 rings (SSSR count). The third-order valence-electron chi connectivity index (χ3n) is 5.83. The molecule has 0 saturated heterocycles. The summed E-state index contributed by atoms with van der Waals surface area (Å²) in [5.41, 5.74) is 0.241. The van der Waals surface area contributed by atoms with E-state index in [0.717, 1.165) is 11.3 Å². The maximum Gasteiger partial charge on any atom is 0.348 e. The van der Waals surface area contributed by atoms with Crippen molar-refractivity contribution in [3.05, 3.63) is 86.0 Å². The number of esters is 2. The highest BCUT2D eigenvalue weighted by Gasteiger charge is 2.23. The van der Waals surface area contributed by atoms with E-state index in [0.29, 0.717) is 10.4 Å². The summed E-state index contributed by atoms with van der Waals surface area (Å²) in [5.74, 6) is -1.84. The summed E-state index contributed by atoms with van der Waals surface area (Å²) in [6, 6.07) is 9.21. The van der Waals surface area contributed by atoms with Crippen molar-refractivity contribution in [2.45, 2.75) is 38.7 Å². The number of nitrogens with one attached hydrogen (secondary N) is 2. The largest absolute Gasteiger partial charge is 0.462 e. The van der Waals surface area contributed by atoms with Gasteiger partial charge in [0.25, 0.3) is 15.6 Å². The second kappa shape index (κ2) is 10.9. The molecule has 0 saturated carbocycles. The van der Waals surface area contributed by atoms with Gasteiger partial charge < -0.3 is 14.5 Å². The topological polar surface area (TPSA) is 145 Å². The van der Waals surface area contributed by atoms with E-state index in [1.165, 1.54) is 56.3 Å². The number of aromatic amines is 1. The lowest BCUT2D eigenvalue weighted by molar-refractivity contribution is 0.0319. The van der Waals surface area contributed by atoms with Gasteiger partial charge in [-0.05, 0) is 69.7 Å². The van der Waals surface area contributed by atoms with Gasteiger partial charge in [0.2, 0.25) is 0 Å². The van der Waals surface area contributed by atoms with E-state index in [-0.39, 0.29) is 44.4 Å². The van der Waals surface area contributed by atoms with E-state index < -0.39 is 39.4 Å². The lowest BCUT2D eigenvalue weighted by atomic mass is 10.2. The number of sulfonamides is 1. The highest BCUT2D eigenvalue weighted by Crippen LogP contribution is 2.29. The van der Waals surface area contributed by atoms with Crippen LogP contribution in [0.25, 0.3) is 10.2 Å². The van der Waals surface area contributed by atoms with Crippen LogP contribution in [0.3, 0.4) is 0 Å². The maximum absolute atomic E-state index is 13.8. The zero-order chi connectivity index (χ0) is 28.5. The van der Waals surface area contributed by atoms with Gasteiger partial charge in [0.15, 0.2) is 11.9 Å². The van der Waals surface area contributed by atoms with Crippen LogP contribution in [0.4, 0.5) is 10.1 Å². The van der Waals surface area contributed by atoms with Crippen molar-refractivity contribution in [3.8, 4) is 0 Å². The number of anilines is 1. The summed E-state index contributed by atoms with van der Waals surface area (Å²) >= 11 is 1.02. The number of rotatable bonds is 8. The van der Waals surface area contributed by atoms with Crippen LogP contribution in [-0.4, -0.2) is 36.9 Å². The smallest absolute Gasteiger partial charge is 0.348 e. The van der Waals surface area contributed by atoms with Crippen molar-refractivity contribution < 1.29 is 31.9 Å². The van der Waals surface area contributed by atoms with Crippen LogP contribution in [0.5, 0.6) is 0 Å². The summed E-state index contributed by atoms with van der Waals surface area (Å²) in [7, 11) is -4.06. The van der Waals surface area contributed by atoms with Crippen LogP contribution < -0.4 is 10.3 Å². The van der Waals surface area contributed by atoms with Crippen LogP contribution in [-0.2, 0) is 19.5 Å². The summed E-state index contributed by atoms with van der Waals surface area (Å²) in [5, 5.41) is 0.261. The van der Waals surface area contributed by atoms with Crippen molar-refractivity contribution in [2.24, 2.45) is 0 Å². The van der Waals surface area contributed by atoms with Crippen molar-refractivity contribution in [3.63, 3.8) is 0 Å². The van der Waals surface area contributed by atoms with E-state index in [4.69, 9.17) is 9.47 Å². The summed E-state index contributed by atoms with van der Waals surface area (Å²) in [6.07, 6.45) is -0.947. The lowest BCUT2D eigenvalue weighted by Gasteiger charge is -2.13. The summed E-state index contributed by atoms with van der Waals surface area (Å²) in [4.78, 5) is 45.0. The number of thiophene rings is 1. The predicted molar refractivity (Wildman–Crippen MR) is 143 cm³/mol. The van der Waals surface area contributed by atoms with Crippen LogP contribution in [0, 0.1) is 19.7 Å². The van der Waals surface area contributed by atoms with Gasteiger partial charge in [0, 0.05) is 11.3 Å². The minimum Gasteiger partial charge on any atom is -0.462 e. The molecular weight excluding hydrogens is 549 g/mol.